The van der Waals surface area contributed by atoms with Crippen LogP contribution in [0.25, 0.3) is 0 Å². The summed E-state index contributed by atoms with van der Waals surface area (Å²) in [6, 6.07) is 3.81. The molecule has 0 aromatic carbocycles. The first-order chi connectivity index (χ1) is 12.3. The number of aromatic nitrogens is 1. The Hall–Kier alpha value is -2.44. The number of nitrogens with zero attached hydrogens (tertiary/aromatic N) is 4. The zero-order valence-electron chi connectivity index (χ0n) is 17.2. The Morgan fingerprint density at radius 3 is 2.65 bits per heavy atom. The standard InChI is InChI=1S/C19H34N6O/c1-8-11-25(12-14(2)3)23-18(20)16-9-10-17(19(22-16)26-7)24(6)13-15(4)21-5/h9-10,13-14,21H,8,11-12H2,1-7H3,(H2,20,23)/b15-13-. The number of hydrazone groups is 1. The number of hydrogen-bond donors (Lipinski definition) is 2. The Balaban J connectivity index is 3.12. The molecule has 0 aliphatic rings. The zero-order chi connectivity index (χ0) is 19.7. The van der Waals surface area contributed by atoms with Gasteiger partial charge in [-0.05, 0) is 31.4 Å². The highest BCUT2D eigenvalue weighted by Gasteiger charge is 2.13. The van der Waals surface area contributed by atoms with Gasteiger partial charge < -0.3 is 20.7 Å². The van der Waals surface area contributed by atoms with Crippen LogP contribution in [0.5, 0.6) is 5.88 Å². The molecule has 0 aliphatic heterocycles. The summed E-state index contributed by atoms with van der Waals surface area (Å²) in [6.45, 7) is 10.2. The molecule has 0 atom stereocenters. The Morgan fingerprint density at radius 1 is 1.42 bits per heavy atom. The van der Waals surface area contributed by atoms with Crippen molar-refractivity contribution in [2.45, 2.75) is 34.1 Å². The lowest BCUT2D eigenvalue weighted by molar-refractivity contribution is 0.256. The molecule has 0 saturated heterocycles. The second-order valence-electron chi connectivity index (χ2n) is 6.69. The predicted molar refractivity (Wildman–Crippen MR) is 109 cm³/mol. The summed E-state index contributed by atoms with van der Waals surface area (Å²) >= 11 is 0. The predicted octanol–water partition coefficient (Wildman–Crippen LogP) is 2.60. The van der Waals surface area contributed by atoms with Crippen molar-refractivity contribution in [3.63, 3.8) is 0 Å². The fourth-order valence-electron chi connectivity index (χ4n) is 2.48. The smallest absolute Gasteiger partial charge is 0.238 e. The Morgan fingerprint density at radius 2 is 2.12 bits per heavy atom. The Bertz CT molecular complexity index is 626. The summed E-state index contributed by atoms with van der Waals surface area (Å²) in [5.41, 5.74) is 8.70. The molecular weight excluding hydrogens is 328 g/mol. The molecule has 0 radical (unpaired) electrons. The Labute approximate surface area is 157 Å². The number of ether oxygens (including phenoxy) is 1. The van der Waals surface area contributed by atoms with Crippen molar-refractivity contribution in [2.24, 2.45) is 16.8 Å². The molecule has 0 fully saturated rings. The lowest BCUT2D eigenvalue weighted by Crippen LogP contribution is -2.28. The summed E-state index contributed by atoms with van der Waals surface area (Å²) in [6.07, 6.45) is 2.99. The van der Waals surface area contributed by atoms with E-state index < -0.39 is 0 Å². The van der Waals surface area contributed by atoms with Crippen molar-refractivity contribution in [1.29, 1.82) is 0 Å². The van der Waals surface area contributed by atoms with E-state index in [2.05, 4.69) is 36.2 Å². The van der Waals surface area contributed by atoms with E-state index in [4.69, 9.17) is 10.5 Å². The highest BCUT2D eigenvalue weighted by atomic mass is 16.5. The minimum absolute atomic E-state index is 0.397. The van der Waals surface area contributed by atoms with Gasteiger partial charge in [0.25, 0.3) is 0 Å². The van der Waals surface area contributed by atoms with E-state index in [-0.39, 0.29) is 0 Å². The topological polar surface area (TPSA) is 79.0 Å². The van der Waals surface area contributed by atoms with Crippen LogP contribution in [0.3, 0.4) is 0 Å². The van der Waals surface area contributed by atoms with Crippen LogP contribution in [0.2, 0.25) is 0 Å². The average Bonchev–Trinajstić information content (AvgIpc) is 2.60. The summed E-state index contributed by atoms with van der Waals surface area (Å²) < 4.78 is 5.46. The number of anilines is 1. The number of amidine groups is 1. The fraction of sp³-hybridized carbons (Fsp3) is 0.579. The van der Waals surface area contributed by atoms with Crippen molar-refractivity contribution in [2.75, 3.05) is 39.2 Å². The van der Waals surface area contributed by atoms with Gasteiger partial charge in [0.15, 0.2) is 5.84 Å². The number of hydrogen-bond acceptors (Lipinski definition) is 6. The van der Waals surface area contributed by atoms with E-state index >= 15 is 0 Å². The second kappa shape index (κ2) is 10.5. The van der Waals surface area contributed by atoms with Crippen LogP contribution in [-0.4, -0.2) is 50.1 Å². The quantitative estimate of drug-likeness (QED) is 0.378. The molecule has 26 heavy (non-hydrogen) atoms. The maximum atomic E-state index is 6.21. The number of methoxy groups -OCH3 is 1. The Kier molecular flexibility index (Phi) is 8.75. The highest BCUT2D eigenvalue weighted by Crippen LogP contribution is 2.26. The number of nitrogens with one attached hydrogen (secondary N) is 1. The van der Waals surface area contributed by atoms with Crippen molar-refractivity contribution < 1.29 is 4.74 Å². The maximum absolute atomic E-state index is 6.21. The van der Waals surface area contributed by atoms with Crippen LogP contribution in [-0.2, 0) is 0 Å². The van der Waals surface area contributed by atoms with Gasteiger partial charge in [-0.2, -0.15) is 5.10 Å². The minimum atomic E-state index is 0.397. The molecular formula is C19H34N6O. The van der Waals surface area contributed by atoms with E-state index in [9.17, 15) is 0 Å². The SMILES string of the molecule is CCCN(CC(C)C)/N=C(\N)c1ccc(N(C)/C=C(/C)NC)c(OC)n1. The van der Waals surface area contributed by atoms with E-state index in [0.29, 0.717) is 23.3 Å². The number of rotatable bonds is 10. The van der Waals surface area contributed by atoms with Gasteiger partial charge in [-0.3, -0.25) is 5.01 Å². The molecule has 1 aromatic heterocycles. The van der Waals surface area contributed by atoms with Gasteiger partial charge in [0.1, 0.15) is 11.4 Å². The average molecular weight is 363 g/mol. The molecule has 1 aromatic rings. The molecule has 0 aliphatic carbocycles. The van der Waals surface area contributed by atoms with E-state index in [0.717, 1.165) is 30.9 Å². The molecule has 0 saturated carbocycles. The molecule has 1 heterocycles. The van der Waals surface area contributed by atoms with Gasteiger partial charge in [-0.15, -0.1) is 0 Å². The van der Waals surface area contributed by atoms with Crippen LogP contribution in [0.15, 0.2) is 29.1 Å². The molecule has 3 N–H and O–H groups in total. The van der Waals surface area contributed by atoms with Gasteiger partial charge in [-0.1, -0.05) is 20.8 Å². The lowest BCUT2D eigenvalue weighted by Gasteiger charge is -2.22. The van der Waals surface area contributed by atoms with Crippen molar-refractivity contribution in [1.82, 2.24) is 15.3 Å². The first kappa shape index (κ1) is 21.6. The van der Waals surface area contributed by atoms with Crippen molar-refractivity contribution in [3.8, 4) is 5.88 Å². The van der Waals surface area contributed by atoms with Gasteiger partial charge in [0, 0.05) is 39.1 Å². The monoisotopic (exact) mass is 362 g/mol. The van der Waals surface area contributed by atoms with Crippen LogP contribution in [0.4, 0.5) is 5.69 Å². The van der Waals surface area contributed by atoms with Crippen LogP contribution in [0, 0.1) is 5.92 Å². The van der Waals surface area contributed by atoms with Crippen molar-refractivity contribution in [3.05, 3.63) is 29.7 Å². The van der Waals surface area contributed by atoms with Crippen LogP contribution >= 0.6 is 0 Å². The first-order valence-electron chi connectivity index (χ1n) is 9.05. The normalized spacial score (nSPS) is 12.3. The third-order valence-electron chi connectivity index (χ3n) is 3.76. The first-order valence-corrected chi connectivity index (χ1v) is 9.05. The van der Waals surface area contributed by atoms with E-state index in [1.165, 1.54) is 0 Å². The third kappa shape index (κ3) is 6.46. The molecule has 0 amide bonds. The molecule has 0 bridgehead atoms. The van der Waals surface area contributed by atoms with Gasteiger partial charge in [-0.25, -0.2) is 4.98 Å². The summed E-state index contributed by atoms with van der Waals surface area (Å²) in [5, 5.41) is 9.66. The van der Waals surface area contributed by atoms with E-state index in [1.54, 1.807) is 7.11 Å². The molecule has 7 nitrogen and oxygen atoms in total. The largest absolute Gasteiger partial charge is 0.479 e. The molecule has 0 unspecified atom stereocenters. The van der Waals surface area contributed by atoms with Crippen LogP contribution in [0.1, 0.15) is 39.8 Å². The van der Waals surface area contributed by atoms with E-state index in [1.807, 2.05) is 49.3 Å². The summed E-state index contributed by atoms with van der Waals surface area (Å²) in [7, 11) is 5.44. The summed E-state index contributed by atoms with van der Waals surface area (Å²) in [5.74, 6) is 1.42. The van der Waals surface area contributed by atoms with Crippen LogP contribution < -0.4 is 20.7 Å². The molecule has 7 heteroatoms. The maximum Gasteiger partial charge on any atom is 0.238 e. The highest BCUT2D eigenvalue weighted by molar-refractivity contribution is 5.96. The minimum Gasteiger partial charge on any atom is -0.479 e. The lowest BCUT2D eigenvalue weighted by atomic mass is 10.2. The van der Waals surface area contributed by atoms with Gasteiger partial charge >= 0.3 is 0 Å². The number of pyridine rings is 1. The zero-order valence-corrected chi connectivity index (χ0v) is 17.2. The molecule has 146 valence electrons. The summed E-state index contributed by atoms with van der Waals surface area (Å²) in [4.78, 5) is 6.50. The molecule has 0 spiro atoms. The number of nitrogens with two attached hydrogens (primary N) is 1. The fourth-order valence-corrected chi connectivity index (χ4v) is 2.48. The second-order valence-corrected chi connectivity index (χ2v) is 6.69. The molecule has 1 rings (SSSR count). The van der Waals surface area contributed by atoms with Crippen molar-refractivity contribution >= 4 is 11.5 Å². The van der Waals surface area contributed by atoms with Gasteiger partial charge in [0.2, 0.25) is 5.88 Å². The third-order valence-corrected chi connectivity index (χ3v) is 3.76. The number of allylic oxidation sites excluding steroid dienone is 1. The van der Waals surface area contributed by atoms with Gasteiger partial charge in [0.05, 0.1) is 7.11 Å².